The summed E-state index contributed by atoms with van der Waals surface area (Å²) in [6.07, 6.45) is 15.2. The van der Waals surface area contributed by atoms with Crippen molar-refractivity contribution in [3.8, 4) is 0 Å². The van der Waals surface area contributed by atoms with Crippen molar-refractivity contribution in [1.82, 2.24) is 0 Å². The van der Waals surface area contributed by atoms with Crippen molar-refractivity contribution >= 4 is 5.97 Å². The zero-order chi connectivity index (χ0) is 24.5. The molecule has 0 aromatic heterocycles. The summed E-state index contributed by atoms with van der Waals surface area (Å²) in [5, 5.41) is 51.6. The van der Waals surface area contributed by atoms with Crippen LogP contribution in [0.2, 0.25) is 0 Å². The zero-order valence-corrected chi connectivity index (χ0v) is 19.9. The minimum atomic E-state index is -0.978. The molecule has 0 radical (unpaired) electrons. The molecule has 6 N–H and O–H groups in total. The summed E-state index contributed by atoms with van der Waals surface area (Å²) in [6.45, 7) is 0.946. The van der Waals surface area contributed by atoms with Crippen LogP contribution in [0, 0.1) is 0 Å². The normalized spacial score (nSPS) is 13.1. The molecule has 1 unspecified atom stereocenters. The van der Waals surface area contributed by atoms with Gasteiger partial charge in [0.05, 0.1) is 25.9 Å². The second-order valence-electron chi connectivity index (χ2n) is 8.06. The van der Waals surface area contributed by atoms with Crippen molar-refractivity contribution in [3.63, 3.8) is 0 Å². The van der Waals surface area contributed by atoms with Crippen LogP contribution in [0.5, 0.6) is 0 Å². The van der Waals surface area contributed by atoms with Gasteiger partial charge in [0.1, 0.15) is 18.8 Å². The monoisotopic (exact) mass is 464 g/mol. The molecule has 0 rings (SSSR count). The van der Waals surface area contributed by atoms with Crippen molar-refractivity contribution in [2.75, 3.05) is 26.4 Å². The highest BCUT2D eigenvalue weighted by atomic mass is 16.5. The minimum absolute atomic E-state index is 0.130. The highest BCUT2D eigenvalue weighted by Gasteiger charge is 2.07. The van der Waals surface area contributed by atoms with Crippen LogP contribution in [0.25, 0.3) is 0 Å². The van der Waals surface area contributed by atoms with E-state index in [4.69, 9.17) is 30.3 Å². The zero-order valence-electron chi connectivity index (χ0n) is 19.9. The first-order valence-electron chi connectivity index (χ1n) is 12.1. The van der Waals surface area contributed by atoms with Crippen molar-refractivity contribution in [1.29, 1.82) is 0 Å². The van der Waals surface area contributed by atoms with Crippen LogP contribution in [0.3, 0.4) is 0 Å². The SMILES string of the molecule is CCCCCC[C@@H](O)CC=CCCCCCCCC(=O)OCC(O)CO.OCC(O)CO. The molecule has 8 nitrogen and oxygen atoms in total. The van der Waals surface area contributed by atoms with E-state index in [0.717, 1.165) is 57.8 Å². The number of allylic oxidation sites excluding steroid dienone is 1. The highest BCUT2D eigenvalue weighted by Crippen LogP contribution is 2.10. The molecule has 0 fully saturated rings. The molecule has 0 spiro atoms. The number of ether oxygens (including phenoxy) is 1. The molecule has 8 heteroatoms. The van der Waals surface area contributed by atoms with Gasteiger partial charge in [0, 0.05) is 6.42 Å². The number of aliphatic hydroxyl groups is 6. The largest absolute Gasteiger partial charge is 0.463 e. The summed E-state index contributed by atoms with van der Waals surface area (Å²) in [5.41, 5.74) is 0. The Morgan fingerprint density at radius 3 is 1.94 bits per heavy atom. The topological polar surface area (TPSA) is 148 Å². The number of esters is 1. The number of carbonyl (C=O) groups is 1. The predicted octanol–water partition coefficient (Wildman–Crippen LogP) is 2.22. The van der Waals surface area contributed by atoms with E-state index in [2.05, 4.69) is 19.1 Å². The van der Waals surface area contributed by atoms with Crippen molar-refractivity contribution in [2.45, 2.75) is 109 Å². The van der Waals surface area contributed by atoms with E-state index in [1.165, 1.54) is 19.3 Å². The molecule has 32 heavy (non-hydrogen) atoms. The third kappa shape index (κ3) is 27.0. The Balaban J connectivity index is 0. The van der Waals surface area contributed by atoms with Gasteiger partial charge < -0.3 is 35.4 Å². The van der Waals surface area contributed by atoms with Gasteiger partial charge in [0.25, 0.3) is 0 Å². The molecular formula is C24H48O8. The van der Waals surface area contributed by atoms with Gasteiger partial charge in [0.15, 0.2) is 0 Å². The van der Waals surface area contributed by atoms with Gasteiger partial charge in [-0.15, -0.1) is 0 Å². The number of hydrogen-bond acceptors (Lipinski definition) is 8. The predicted molar refractivity (Wildman–Crippen MR) is 125 cm³/mol. The van der Waals surface area contributed by atoms with E-state index in [1.807, 2.05) is 0 Å². The summed E-state index contributed by atoms with van der Waals surface area (Å²) in [4.78, 5) is 11.4. The summed E-state index contributed by atoms with van der Waals surface area (Å²) < 4.78 is 4.84. The molecule has 0 heterocycles. The maximum Gasteiger partial charge on any atom is 0.305 e. The van der Waals surface area contributed by atoms with E-state index in [0.29, 0.717) is 6.42 Å². The number of hydrogen-bond donors (Lipinski definition) is 6. The standard InChI is InChI=1S/C21H40O5.C3H8O3/c1-2-3-4-11-14-19(23)15-12-9-7-5-6-8-10-13-16-21(25)26-18-20(24)17-22;4-1-3(6)2-5/h9,12,19-20,22-24H,2-8,10-11,13-18H2,1H3;3-6H,1-2H2/t19-,20?;/m1./s1. The molecule has 0 saturated heterocycles. The molecule has 0 bridgehead atoms. The van der Waals surface area contributed by atoms with Crippen LogP contribution in [0.4, 0.5) is 0 Å². The van der Waals surface area contributed by atoms with Gasteiger partial charge in [-0.3, -0.25) is 4.79 Å². The number of rotatable bonds is 20. The van der Waals surface area contributed by atoms with Gasteiger partial charge in [-0.25, -0.2) is 0 Å². The van der Waals surface area contributed by atoms with E-state index in [1.54, 1.807) is 0 Å². The van der Waals surface area contributed by atoms with E-state index in [-0.39, 0.29) is 38.5 Å². The van der Waals surface area contributed by atoms with E-state index >= 15 is 0 Å². The van der Waals surface area contributed by atoms with E-state index in [9.17, 15) is 9.90 Å². The van der Waals surface area contributed by atoms with Crippen LogP contribution >= 0.6 is 0 Å². The maximum atomic E-state index is 11.4. The average molecular weight is 465 g/mol. The van der Waals surface area contributed by atoms with Crippen LogP contribution in [-0.2, 0) is 9.53 Å². The lowest BCUT2D eigenvalue weighted by Gasteiger charge is -2.08. The third-order valence-corrected chi connectivity index (χ3v) is 4.79. The third-order valence-electron chi connectivity index (χ3n) is 4.79. The number of aliphatic hydroxyl groups excluding tert-OH is 6. The van der Waals surface area contributed by atoms with Gasteiger partial charge in [-0.05, 0) is 32.1 Å². The first kappa shape index (κ1) is 33.1. The smallest absolute Gasteiger partial charge is 0.305 e. The Morgan fingerprint density at radius 2 is 1.34 bits per heavy atom. The van der Waals surface area contributed by atoms with Crippen LogP contribution in [0.15, 0.2) is 12.2 Å². The molecule has 0 aliphatic carbocycles. The highest BCUT2D eigenvalue weighted by molar-refractivity contribution is 5.69. The summed E-state index contributed by atoms with van der Waals surface area (Å²) >= 11 is 0. The summed E-state index contributed by atoms with van der Waals surface area (Å²) in [6, 6.07) is 0. The second kappa shape index (κ2) is 26.2. The molecule has 2 atom stereocenters. The first-order valence-corrected chi connectivity index (χ1v) is 12.1. The molecule has 0 aliphatic heterocycles. The maximum absolute atomic E-state index is 11.4. The second-order valence-corrected chi connectivity index (χ2v) is 8.06. The van der Waals surface area contributed by atoms with Gasteiger partial charge in [-0.2, -0.15) is 0 Å². The Hall–Kier alpha value is -1.03. The summed E-state index contributed by atoms with van der Waals surface area (Å²) in [5.74, 6) is -0.311. The molecule has 0 aliphatic rings. The fourth-order valence-corrected chi connectivity index (χ4v) is 2.73. The minimum Gasteiger partial charge on any atom is -0.463 e. The lowest BCUT2D eigenvalue weighted by atomic mass is 10.1. The molecule has 192 valence electrons. The Morgan fingerprint density at radius 1 is 0.750 bits per heavy atom. The van der Waals surface area contributed by atoms with Crippen molar-refractivity contribution in [2.24, 2.45) is 0 Å². The van der Waals surface area contributed by atoms with Crippen LogP contribution in [-0.4, -0.2) is 81.3 Å². The fourth-order valence-electron chi connectivity index (χ4n) is 2.73. The molecule has 0 aromatic carbocycles. The number of unbranched alkanes of at least 4 members (excludes halogenated alkanes) is 8. The number of carbonyl (C=O) groups excluding carboxylic acids is 1. The Kier molecular flexibility index (Phi) is 27.2. The van der Waals surface area contributed by atoms with Crippen molar-refractivity contribution in [3.05, 3.63) is 12.2 Å². The molecule has 0 amide bonds. The van der Waals surface area contributed by atoms with Gasteiger partial charge in [0.2, 0.25) is 0 Å². The quantitative estimate of drug-likeness (QED) is 0.0913. The lowest BCUT2D eigenvalue weighted by molar-refractivity contribution is -0.147. The van der Waals surface area contributed by atoms with Crippen molar-refractivity contribution < 1.29 is 40.2 Å². The van der Waals surface area contributed by atoms with Crippen LogP contribution < -0.4 is 0 Å². The van der Waals surface area contributed by atoms with Gasteiger partial charge in [-0.1, -0.05) is 64.0 Å². The Labute approximate surface area is 193 Å². The average Bonchev–Trinajstić information content (AvgIpc) is 2.81. The first-order chi connectivity index (χ1) is 15.4. The van der Waals surface area contributed by atoms with Gasteiger partial charge >= 0.3 is 5.97 Å². The summed E-state index contributed by atoms with van der Waals surface area (Å²) in [7, 11) is 0. The molecule has 0 saturated carbocycles. The lowest BCUT2D eigenvalue weighted by Crippen LogP contribution is -2.21. The molecular weight excluding hydrogens is 416 g/mol. The molecule has 0 aromatic rings. The van der Waals surface area contributed by atoms with Crippen LogP contribution in [0.1, 0.15) is 90.4 Å². The van der Waals surface area contributed by atoms with E-state index < -0.39 is 12.2 Å². The fraction of sp³-hybridized carbons (Fsp3) is 0.875. The Bertz CT molecular complexity index is 413.